The van der Waals surface area contributed by atoms with Gasteiger partial charge in [0.15, 0.2) is 0 Å². The number of aliphatic carboxylic acids is 1. The van der Waals surface area contributed by atoms with Crippen molar-refractivity contribution in [3.05, 3.63) is 0 Å². The van der Waals surface area contributed by atoms with Crippen LogP contribution in [-0.4, -0.2) is 79.3 Å². The molecule has 0 aromatic rings. The Kier molecular flexibility index (Phi) is 6.41. The Hall–Kier alpha value is -1.83. The minimum atomic E-state index is -1.28. The molecule has 0 bridgehead atoms. The second kappa shape index (κ2) is 7.82. The van der Waals surface area contributed by atoms with Gasteiger partial charge in [-0.3, -0.25) is 4.79 Å². The van der Waals surface area contributed by atoms with E-state index in [9.17, 15) is 14.4 Å². The number of ether oxygens (including phenoxy) is 1. The van der Waals surface area contributed by atoms with Crippen LogP contribution in [0.3, 0.4) is 0 Å². The monoisotopic (exact) mass is 301 g/mol. The predicted molar refractivity (Wildman–Crippen MR) is 74.9 cm³/mol. The number of nitrogens with zero attached hydrogens (tertiary/aromatic N) is 2. The molecule has 2 atom stereocenters. The van der Waals surface area contributed by atoms with E-state index < -0.39 is 30.4 Å². The molecule has 0 aliphatic carbocycles. The number of nitrogens with one attached hydrogen (secondary N) is 1. The molecule has 1 aliphatic rings. The van der Waals surface area contributed by atoms with Gasteiger partial charge in [-0.25, -0.2) is 9.59 Å². The maximum absolute atomic E-state index is 12.1. The lowest BCUT2D eigenvalue weighted by Gasteiger charge is -2.36. The van der Waals surface area contributed by atoms with Crippen molar-refractivity contribution in [3.8, 4) is 0 Å². The molecular formula is C13H23N3O5. The predicted octanol–water partition coefficient (Wildman–Crippen LogP) is -0.262. The lowest BCUT2D eigenvalue weighted by Crippen LogP contribution is -2.54. The van der Waals surface area contributed by atoms with E-state index in [1.165, 1.54) is 12.0 Å². The summed E-state index contributed by atoms with van der Waals surface area (Å²) in [6.07, 6.45) is 1.47. The highest BCUT2D eigenvalue weighted by Crippen LogP contribution is 2.13. The van der Waals surface area contributed by atoms with E-state index in [0.29, 0.717) is 0 Å². The van der Waals surface area contributed by atoms with E-state index in [2.05, 4.69) is 15.0 Å². The molecule has 0 aromatic heterocycles. The number of piperidine rings is 1. The second-order valence-electron chi connectivity index (χ2n) is 5.29. The fourth-order valence-electron chi connectivity index (χ4n) is 2.32. The fraction of sp³-hybridized carbons (Fsp3) is 0.769. The van der Waals surface area contributed by atoms with Gasteiger partial charge in [0.05, 0.1) is 13.5 Å². The molecule has 1 unspecified atom stereocenters. The summed E-state index contributed by atoms with van der Waals surface area (Å²) in [4.78, 5) is 38.0. The first kappa shape index (κ1) is 17.2. The van der Waals surface area contributed by atoms with Gasteiger partial charge in [0.1, 0.15) is 6.04 Å². The number of hydrogen-bond acceptors (Lipinski definition) is 5. The first-order valence-electron chi connectivity index (χ1n) is 6.86. The standard InChI is InChI=1S/C13H23N3O5/c1-15-6-4-5-9(8-15)16(2)13(20)14-10(12(18)19)7-11(17)21-3/h9-10H,4-8H2,1-3H3,(H,14,20)(H,18,19)/t9?,10-/m0/s1. The summed E-state index contributed by atoms with van der Waals surface area (Å²) in [5, 5.41) is 11.4. The number of carboxylic acid groups (broad SMARTS) is 1. The number of carbonyl (C=O) groups is 3. The van der Waals surface area contributed by atoms with Crippen molar-refractivity contribution < 1.29 is 24.2 Å². The van der Waals surface area contributed by atoms with Crippen molar-refractivity contribution in [1.82, 2.24) is 15.1 Å². The van der Waals surface area contributed by atoms with Crippen LogP contribution in [0.5, 0.6) is 0 Å². The number of urea groups is 1. The van der Waals surface area contributed by atoms with Crippen molar-refractivity contribution in [1.29, 1.82) is 0 Å². The minimum Gasteiger partial charge on any atom is -0.480 e. The van der Waals surface area contributed by atoms with E-state index >= 15 is 0 Å². The highest BCUT2D eigenvalue weighted by Gasteiger charge is 2.29. The van der Waals surface area contributed by atoms with Crippen molar-refractivity contribution in [2.24, 2.45) is 0 Å². The molecule has 1 saturated heterocycles. The molecule has 8 nitrogen and oxygen atoms in total. The van der Waals surface area contributed by atoms with Gasteiger partial charge in [-0.2, -0.15) is 0 Å². The largest absolute Gasteiger partial charge is 0.480 e. The third-order valence-corrected chi connectivity index (χ3v) is 3.66. The van der Waals surface area contributed by atoms with Crippen LogP contribution in [0.2, 0.25) is 0 Å². The Morgan fingerprint density at radius 2 is 2.14 bits per heavy atom. The van der Waals surface area contributed by atoms with Crippen LogP contribution in [0.15, 0.2) is 0 Å². The summed E-state index contributed by atoms with van der Waals surface area (Å²) in [5.74, 6) is -1.94. The quantitative estimate of drug-likeness (QED) is 0.679. The number of rotatable bonds is 5. The molecule has 0 radical (unpaired) electrons. The van der Waals surface area contributed by atoms with E-state index in [1.54, 1.807) is 7.05 Å². The van der Waals surface area contributed by atoms with Crippen molar-refractivity contribution in [2.45, 2.75) is 31.3 Å². The molecule has 1 fully saturated rings. The number of methoxy groups -OCH3 is 1. The van der Waals surface area contributed by atoms with E-state index in [4.69, 9.17) is 5.11 Å². The number of likely N-dealkylation sites (tertiary alicyclic amines) is 1. The maximum Gasteiger partial charge on any atom is 0.326 e. The Labute approximate surface area is 124 Å². The summed E-state index contributed by atoms with van der Waals surface area (Å²) in [7, 11) is 4.79. The lowest BCUT2D eigenvalue weighted by molar-refractivity contribution is -0.147. The number of carboxylic acids is 1. The van der Waals surface area contributed by atoms with Crippen LogP contribution in [0.4, 0.5) is 4.79 Å². The van der Waals surface area contributed by atoms with Crippen LogP contribution >= 0.6 is 0 Å². The summed E-state index contributed by atoms with van der Waals surface area (Å²) in [6, 6.07) is -1.74. The van der Waals surface area contributed by atoms with Crippen LogP contribution in [-0.2, 0) is 14.3 Å². The molecule has 1 rings (SSSR count). The smallest absolute Gasteiger partial charge is 0.326 e. The molecule has 120 valence electrons. The summed E-state index contributed by atoms with van der Waals surface area (Å²) < 4.78 is 4.43. The Bertz CT molecular complexity index is 401. The van der Waals surface area contributed by atoms with Crippen molar-refractivity contribution >= 4 is 18.0 Å². The summed E-state index contributed by atoms with van der Waals surface area (Å²) in [5.41, 5.74) is 0. The van der Waals surface area contributed by atoms with E-state index in [0.717, 1.165) is 25.9 Å². The molecule has 0 aromatic carbocycles. The van der Waals surface area contributed by atoms with Crippen LogP contribution < -0.4 is 5.32 Å². The van der Waals surface area contributed by atoms with Gasteiger partial charge in [0.2, 0.25) is 0 Å². The fourth-order valence-corrected chi connectivity index (χ4v) is 2.32. The minimum absolute atomic E-state index is 0.0383. The Balaban J connectivity index is 2.59. The molecule has 2 N–H and O–H groups in total. The van der Waals surface area contributed by atoms with E-state index in [-0.39, 0.29) is 6.04 Å². The molecule has 1 heterocycles. The average molecular weight is 301 g/mol. The third kappa shape index (κ3) is 5.22. The highest BCUT2D eigenvalue weighted by atomic mass is 16.5. The van der Waals surface area contributed by atoms with E-state index in [1.807, 2.05) is 7.05 Å². The summed E-state index contributed by atoms with van der Waals surface area (Å²) >= 11 is 0. The van der Waals surface area contributed by atoms with Gasteiger partial charge < -0.3 is 25.0 Å². The SMILES string of the molecule is COC(=O)C[C@H](NC(=O)N(C)C1CCCN(C)C1)C(=O)O. The molecular weight excluding hydrogens is 278 g/mol. The Morgan fingerprint density at radius 1 is 1.48 bits per heavy atom. The molecule has 8 heteroatoms. The first-order valence-corrected chi connectivity index (χ1v) is 6.86. The molecule has 1 aliphatic heterocycles. The zero-order chi connectivity index (χ0) is 16.0. The van der Waals surface area contributed by atoms with Gasteiger partial charge in [-0.05, 0) is 26.4 Å². The topological polar surface area (TPSA) is 99.2 Å². The normalized spacial score (nSPS) is 20.4. The molecule has 21 heavy (non-hydrogen) atoms. The lowest BCUT2D eigenvalue weighted by atomic mass is 10.1. The number of likely N-dealkylation sites (N-methyl/N-ethyl adjacent to an activating group) is 2. The average Bonchev–Trinajstić information content (AvgIpc) is 2.45. The second-order valence-corrected chi connectivity index (χ2v) is 5.29. The van der Waals surface area contributed by atoms with Crippen LogP contribution in [0.25, 0.3) is 0 Å². The van der Waals surface area contributed by atoms with Gasteiger partial charge >= 0.3 is 18.0 Å². The van der Waals surface area contributed by atoms with Gasteiger partial charge in [-0.1, -0.05) is 0 Å². The highest BCUT2D eigenvalue weighted by molar-refractivity contribution is 5.86. The number of hydrogen-bond donors (Lipinski definition) is 2. The Morgan fingerprint density at radius 3 is 2.67 bits per heavy atom. The van der Waals surface area contributed by atoms with Crippen LogP contribution in [0, 0.1) is 0 Å². The van der Waals surface area contributed by atoms with Crippen molar-refractivity contribution in [2.75, 3.05) is 34.3 Å². The van der Waals surface area contributed by atoms with Crippen molar-refractivity contribution in [3.63, 3.8) is 0 Å². The number of esters is 1. The summed E-state index contributed by atoms with van der Waals surface area (Å²) in [6.45, 7) is 1.74. The van der Waals surface area contributed by atoms with Crippen LogP contribution in [0.1, 0.15) is 19.3 Å². The third-order valence-electron chi connectivity index (χ3n) is 3.66. The van der Waals surface area contributed by atoms with Gasteiger partial charge in [0, 0.05) is 19.6 Å². The van der Waals surface area contributed by atoms with Gasteiger partial charge in [-0.15, -0.1) is 0 Å². The molecule has 0 saturated carbocycles. The number of amides is 2. The molecule has 0 spiro atoms. The zero-order valence-corrected chi connectivity index (χ0v) is 12.7. The number of carbonyl (C=O) groups excluding carboxylic acids is 2. The maximum atomic E-state index is 12.1. The van der Waals surface area contributed by atoms with Gasteiger partial charge in [0.25, 0.3) is 0 Å². The first-order chi connectivity index (χ1) is 9.85. The molecule has 2 amide bonds. The zero-order valence-electron chi connectivity index (χ0n) is 12.7.